The Morgan fingerprint density at radius 1 is 1.43 bits per heavy atom. The van der Waals surface area contributed by atoms with Crippen molar-refractivity contribution < 1.29 is 9.66 Å². The van der Waals surface area contributed by atoms with Crippen molar-refractivity contribution in [3.8, 4) is 0 Å². The van der Waals surface area contributed by atoms with Crippen LogP contribution in [0, 0.1) is 17.0 Å². The second-order valence-corrected chi connectivity index (χ2v) is 5.13. The molecule has 116 valence electrons. The molecule has 21 heavy (non-hydrogen) atoms. The van der Waals surface area contributed by atoms with Crippen LogP contribution in [-0.4, -0.2) is 40.7 Å². The van der Waals surface area contributed by atoms with E-state index >= 15 is 0 Å². The number of anilines is 2. The van der Waals surface area contributed by atoms with Gasteiger partial charge in [0.05, 0.1) is 11.0 Å². The second kappa shape index (κ2) is 6.66. The van der Waals surface area contributed by atoms with Crippen molar-refractivity contribution in [3.63, 3.8) is 0 Å². The summed E-state index contributed by atoms with van der Waals surface area (Å²) in [5.41, 5.74) is 0.298. The molecule has 0 bridgehead atoms. The zero-order valence-corrected chi connectivity index (χ0v) is 12.5. The Hall–Kier alpha value is -1.96. The number of ether oxygens (including phenoxy) is 1. The number of methoxy groups -OCH3 is 1. The molecule has 0 spiro atoms. The van der Waals surface area contributed by atoms with Gasteiger partial charge in [-0.15, -0.1) is 0 Å². The minimum Gasteiger partial charge on any atom is -0.381 e. The number of nitrogens with zero attached hydrogens (tertiary/aromatic N) is 3. The van der Waals surface area contributed by atoms with Gasteiger partial charge in [-0.25, -0.2) is 4.98 Å². The van der Waals surface area contributed by atoms with Crippen LogP contribution in [0.4, 0.5) is 17.5 Å². The Bertz CT molecular complexity index is 523. The fourth-order valence-corrected chi connectivity index (χ4v) is 2.60. The molecule has 2 unspecified atom stereocenters. The highest BCUT2D eigenvalue weighted by Crippen LogP contribution is 2.30. The number of hydrogen-bond donors (Lipinski definition) is 2. The van der Waals surface area contributed by atoms with Crippen molar-refractivity contribution in [2.75, 3.05) is 24.3 Å². The van der Waals surface area contributed by atoms with Gasteiger partial charge in [0, 0.05) is 19.7 Å². The van der Waals surface area contributed by atoms with Crippen molar-refractivity contribution in [1.29, 1.82) is 0 Å². The first-order chi connectivity index (χ1) is 10.0. The molecule has 2 N–H and O–H groups in total. The van der Waals surface area contributed by atoms with Crippen LogP contribution in [0.1, 0.15) is 31.9 Å². The van der Waals surface area contributed by atoms with Gasteiger partial charge in [0.2, 0.25) is 11.8 Å². The van der Waals surface area contributed by atoms with Gasteiger partial charge in [-0.05, 0) is 33.1 Å². The predicted octanol–water partition coefficient (Wildman–Crippen LogP) is 2.10. The highest BCUT2D eigenvalue weighted by molar-refractivity contribution is 5.61. The lowest BCUT2D eigenvalue weighted by Crippen LogP contribution is -2.20. The molecule has 1 aromatic heterocycles. The third-order valence-electron chi connectivity index (χ3n) is 3.63. The minimum atomic E-state index is -0.434. The van der Waals surface area contributed by atoms with Crippen LogP contribution in [-0.2, 0) is 4.74 Å². The van der Waals surface area contributed by atoms with E-state index in [1.807, 2.05) is 6.92 Å². The van der Waals surface area contributed by atoms with E-state index in [9.17, 15) is 10.1 Å². The number of nitrogens with one attached hydrogen (secondary N) is 2. The fourth-order valence-electron chi connectivity index (χ4n) is 2.60. The van der Waals surface area contributed by atoms with Gasteiger partial charge in [0.15, 0.2) is 0 Å². The second-order valence-electron chi connectivity index (χ2n) is 5.13. The first-order valence-corrected chi connectivity index (χ1v) is 7.11. The van der Waals surface area contributed by atoms with Crippen LogP contribution in [0.2, 0.25) is 0 Å². The first-order valence-electron chi connectivity index (χ1n) is 7.11. The van der Waals surface area contributed by atoms with Gasteiger partial charge in [-0.3, -0.25) is 10.1 Å². The van der Waals surface area contributed by atoms with E-state index in [1.54, 1.807) is 14.0 Å². The van der Waals surface area contributed by atoms with Crippen LogP contribution in [0.3, 0.4) is 0 Å². The quantitative estimate of drug-likeness (QED) is 0.612. The molecular weight excluding hydrogens is 274 g/mol. The third kappa shape index (κ3) is 3.57. The Labute approximate surface area is 123 Å². The van der Waals surface area contributed by atoms with E-state index in [-0.39, 0.29) is 23.7 Å². The molecule has 8 heteroatoms. The summed E-state index contributed by atoms with van der Waals surface area (Å²) in [7, 11) is 1.69. The van der Waals surface area contributed by atoms with Gasteiger partial charge >= 0.3 is 5.69 Å². The van der Waals surface area contributed by atoms with Crippen molar-refractivity contribution in [2.45, 2.75) is 45.3 Å². The Morgan fingerprint density at radius 2 is 2.19 bits per heavy atom. The summed E-state index contributed by atoms with van der Waals surface area (Å²) >= 11 is 0. The SMILES string of the molecule is CCNc1nc(C)c([N+](=O)[O-])c(NC2CCC(OC)C2)n1. The molecule has 0 amide bonds. The molecule has 8 nitrogen and oxygen atoms in total. The van der Waals surface area contributed by atoms with Gasteiger partial charge in [0.25, 0.3) is 0 Å². The summed E-state index contributed by atoms with van der Waals surface area (Å²) in [6, 6.07) is 0.137. The molecule has 1 aromatic rings. The van der Waals surface area contributed by atoms with Crippen LogP contribution >= 0.6 is 0 Å². The summed E-state index contributed by atoms with van der Waals surface area (Å²) < 4.78 is 5.32. The number of hydrogen-bond acceptors (Lipinski definition) is 7. The third-order valence-corrected chi connectivity index (χ3v) is 3.63. The zero-order chi connectivity index (χ0) is 15.4. The largest absolute Gasteiger partial charge is 0.381 e. The van der Waals surface area contributed by atoms with E-state index in [0.717, 1.165) is 19.3 Å². The van der Waals surface area contributed by atoms with Crippen molar-refractivity contribution in [3.05, 3.63) is 15.8 Å². The number of aromatic nitrogens is 2. The summed E-state index contributed by atoms with van der Waals surface area (Å²) in [4.78, 5) is 19.2. The molecule has 1 aliphatic carbocycles. The van der Waals surface area contributed by atoms with Crippen molar-refractivity contribution >= 4 is 17.5 Å². The van der Waals surface area contributed by atoms with Gasteiger partial charge in [0.1, 0.15) is 5.69 Å². The van der Waals surface area contributed by atoms with Gasteiger partial charge in [-0.2, -0.15) is 4.98 Å². The maximum Gasteiger partial charge on any atom is 0.332 e. The van der Waals surface area contributed by atoms with Crippen LogP contribution in [0.5, 0.6) is 0 Å². The molecule has 0 aliphatic heterocycles. The smallest absolute Gasteiger partial charge is 0.332 e. The molecule has 0 aromatic carbocycles. The normalized spacial score (nSPS) is 21.3. The highest BCUT2D eigenvalue weighted by Gasteiger charge is 2.29. The van der Waals surface area contributed by atoms with Crippen LogP contribution < -0.4 is 10.6 Å². The highest BCUT2D eigenvalue weighted by atomic mass is 16.6. The molecule has 2 atom stereocenters. The Balaban J connectivity index is 2.25. The molecule has 2 rings (SSSR count). The Kier molecular flexibility index (Phi) is 4.89. The van der Waals surface area contributed by atoms with E-state index in [1.165, 1.54) is 0 Å². The van der Waals surface area contributed by atoms with E-state index in [0.29, 0.717) is 18.2 Å². The van der Waals surface area contributed by atoms with Crippen LogP contribution in [0.25, 0.3) is 0 Å². The molecule has 0 radical (unpaired) electrons. The standard InChI is InChI=1S/C13H21N5O3/c1-4-14-13-15-8(2)11(18(19)20)12(17-13)16-9-5-6-10(7-9)21-3/h9-10H,4-7H2,1-3H3,(H2,14,15,16,17). The van der Waals surface area contributed by atoms with Gasteiger partial charge < -0.3 is 15.4 Å². The number of nitro groups is 1. The van der Waals surface area contributed by atoms with E-state index in [4.69, 9.17) is 4.74 Å². The van der Waals surface area contributed by atoms with Crippen LogP contribution in [0.15, 0.2) is 0 Å². The van der Waals surface area contributed by atoms with Gasteiger partial charge in [-0.1, -0.05) is 0 Å². The molecular formula is C13H21N5O3. The first kappa shape index (κ1) is 15.4. The van der Waals surface area contributed by atoms with E-state index < -0.39 is 4.92 Å². The zero-order valence-electron chi connectivity index (χ0n) is 12.5. The van der Waals surface area contributed by atoms with E-state index in [2.05, 4.69) is 20.6 Å². The molecule has 1 saturated carbocycles. The molecule has 1 heterocycles. The maximum absolute atomic E-state index is 11.2. The predicted molar refractivity (Wildman–Crippen MR) is 79.6 cm³/mol. The lowest BCUT2D eigenvalue weighted by Gasteiger charge is -2.15. The maximum atomic E-state index is 11.2. The minimum absolute atomic E-state index is 0.0579. The lowest BCUT2D eigenvalue weighted by atomic mass is 10.2. The lowest BCUT2D eigenvalue weighted by molar-refractivity contribution is -0.385. The number of rotatable bonds is 6. The average molecular weight is 295 g/mol. The number of aryl methyl sites for hydroxylation is 1. The average Bonchev–Trinajstić information content (AvgIpc) is 2.85. The molecule has 0 saturated heterocycles. The monoisotopic (exact) mass is 295 g/mol. The topological polar surface area (TPSA) is 102 Å². The summed E-state index contributed by atoms with van der Waals surface area (Å²) in [5.74, 6) is 0.689. The summed E-state index contributed by atoms with van der Waals surface area (Å²) in [6.45, 7) is 4.21. The summed E-state index contributed by atoms with van der Waals surface area (Å²) in [6.07, 6.45) is 2.90. The Morgan fingerprint density at radius 3 is 2.76 bits per heavy atom. The van der Waals surface area contributed by atoms with Crippen molar-refractivity contribution in [2.24, 2.45) is 0 Å². The summed E-state index contributed by atoms with van der Waals surface area (Å²) in [5, 5.41) is 17.4. The molecule has 1 fully saturated rings. The molecule has 1 aliphatic rings. The van der Waals surface area contributed by atoms with Crippen molar-refractivity contribution in [1.82, 2.24) is 9.97 Å². The fraction of sp³-hybridized carbons (Fsp3) is 0.692.